The molecule has 0 radical (unpaired) electrons. The van der Waals surface area contributed by atoms with Crippen LogP contribution in [0.4, 0.5) is 0 Å². The third-order valence-electron chi connectivity index (χ3n) is 2.76. The Bertz CT molecular complexity index is 766. The molecule has 0 N–H and O–H groups in total. The standard InChI is InChI=1S/C13H13OS2.ClHO4/c1-4-11-12-9(5-7(2)14-11)10-6-8(3)15-13(10)16-12;2-1(3,4)5/h5-6H,4H2,1-3H3;(H,2,3,4,5)/q+1;/p-1. The summed E-state index contributed by atoms with van der Waals surface area (Å²) in [6.07, 6.45) is 0.963. The van der Waals surface area contributed by atoms with Crippen molar-refractivity contribution in [1.82, 2.24) is 0 Å². The summed E-state index contributed by atoms with van der Waals surface area (Å²) < 4.78 is 42.5. The van der Waals surface area contributed by atoms with Crippen molar-refractivity contribution in [1.29, 1.82) is 0 Å². The molecule has 0 aliphatic heterocycles. The van der Waals surface area contributed by atoms with Gasteiger partial charge in [0.25, 0.3) is 0 Å². The van der Waals surface area contributed by atoms with Crippen LogP contribution >= 0.6 is 22.7 Å². The molecule has 0 aliphatic rings. The molecule has 0 aliphatic carbocycles. The molecular formula is C13H13ClO5S2. The van der Waals surface area contributed by atoms with Crippen LogP contribution in [0.5, 0.6) is 0 Å². The third-order valence-corrected chi connectivity index (χ3v) is 5.16. The fraction of sp³-hybridized carbons (Fsp3) is 0.308. The van der Waals surface area contributed by atoms with Crippen molar-refractivity contribution >= 4 is 42.2 Å². The quantitative estimate of drug-likeness (QED) is 0.592. The lowest BCUT2D eigenvalue weighted by Crippen LogP contribution is -2.68. The summed E-state index contributed by atoms with van der Waals surface area (Å²) in [6.45, 7) is 6.35. The predicted octanol–water partition coefficient (Wildman–Crippen LogP) is 0.413. The highest BCUT2D eigenvalue weighted by Crippen LogP contribution is 2.41. The first-order valence-corrected chi connectivity index (χ1v) is 8.92. The van der Waals surface area contributed by atoms with Crippen molar-refractivity contribution in [3.8, 4) is 0 Å². The van der Waals surface area contributed by atoms with Crippen LogP contribution < -0.4 is 18.6 Å². The summed E-state index contributed by atoms with van der Waals surface area (Å²) in [6, 6.07) is 4.46. The molecule has 0 fully saturated rings. The average Bonchev–Trinajstić information content (AvgIpc) is 2.83. The normalized spacial score (nSPS) is 11.8. The van der Waals surface area contributed by atoms with E-state index in [-0.39, 0.29) is 0 Å². The number of hydrogen-bond acceptors (Lipinski definition) is 6. The van der Waals surface area contributed by atoms with Gasteiger partial charge in [-0.25, -0.2) is 23.1 Å². The van der Waals surface area contributed by atoms with Gasteiger partial charge in [-0.3, -0.25) is 0 Å². The molecule has 114 valence electrons. The van der Waals surface area contributed by atoms with E-state index in [0.29, 0.717) is 0 Å². The fourth-order valence-electron chi connectivity index (χ4n) is 2.08. The lowest BCUT2D eigenvalue weighted by atomic mass is 10.2. The molecule has 21 heavy (non-hydrogen) atoms. The highest BCUT2D eigenvalue weighted by Gasteiger charge is 2.20. The van der Waals surface area contributed by atoms with E-state index < -0.39 is 10.2 Å². The predicted molar refractivity (Wildman–Crippen MR) is 72.7 cm³/mol. The zero-order chi connectivity index (χ0) is 15.8. The number of halogens is 1. The molecule has 3 heterocycles. The van der Waals surface area contributed by atoms with Gasteiger partial charge in [-0.15, -0.1) is 32.9 Å². The van der Waals surface area contributed by atoms with Crippen LogP contribution in [0.2, 0.25) is 0 Å². The maximum atomic E-state index is 8.49. The lowest BCUT2D eigenvalue weighted by Gasteiger charge is -2.17. The van der Waals surface area contributed by atoms with Crippen LogP contribution in [0, 0.1) is 24.1 Å². The first-order chi connectivity index (χ1) is 9.69. The van der Waals surface area contributed by atoms with Gasteiger partial charge < -0.3 is 0 Å². The van der Waals surface area contributed by atoms with Crippen LogP contribution in [0.15, 0.2) is 16.5 Å². The van der Waals surface area contributed by atoms with Crippen LogP contribution in [0.3, 0.4) is 0 Å². The van der Waals surface area contributed by atoms with Gasteiger partial charge in [-0.2, -0.15) is 0 Å². The molecule has 0 unspecified atom stereocenters. The lowest BCUT2D eigenvalue weighted by molar-refractivity contribution is -2.00. The molecule has 3 aromatic rings. The van der Waals surface area contributed by atoms with Crippen LogP contribution in [-0.2, 0) is 6.42 Å². The van der Waals surface area contributed by atoms with Crippen LogP contribution in [0.1, 0.15) is 23.3 Å². The summed E-state index contributed by atoms with van der Waals surface area (Å²) >= 11 is 3.75. The van der Waals surface area contributed by atoms with Crippen LogP contribution in [-0.4, -0.2) is 0 Å². The second-order valence-corrected chi connectivity index (χ2v) is 7.71. The molecule has 3 aromatic heterocycles. The second-order valence-electron chi connectivity index (χ2n) is 4.41. The largest absolute Gasteiger partial charge is 0.346 e. The third kappa shape index (κ3) is 4.10. The van der Waals surface area contributed by atoms with Gasteiger partial charge in [0.05, 0.1) is 17.4 Å². The maximum absolute atomic E-state index is 8.49. The van der Waals surface area contributed by atoms with Gasteiger partial charge in [-0.05, 0) is 13.0 Å². The molecule has 0 spiro atoms. The molecular weight excluding hydrogens is 336 g/mol. The minimum atomic E-state index is -4.94. The monoisotopic (exact) mass is 348 g/mol. The Morgan fingerprint density at radius 1 is 1.05 bits per heavy atom. The number of hydrogen-bond donors (Lipinski definition) is 0. The van der Waals surface area contributed by atoms with E-state index >= 15 is 0 Å². The van der Waals surface area contributed by atoms with E-state index in [1.165, 1.54) is 24.4 Å². The van der Waals surface area contributed by atoms with Crippen molar-refractivity contribution in [2.45, 2.75) is 27.2 Å². The van der Waals surface area contributed by atoms with E-state index in [4.69, 9.17) is 23.1 Å². The van der Waals surface area contributed by atoms with Crippen LogP contribution in [0.25, 0.3) is 19.5 Å². The number of fused-ring (bicyclic) bond motifs is 3. The Morgan fingerprint density at radius 3 is 2.24 bits per heavy atom. The smallest absolute Gasteiger partial charge is 0.222 e. The Morgan fingerprint density at radius 2 is 1.67 bits per heavy atom. The summed E-state index contributed by atoms with van der Waals surface area (Å²) in [5.41, 5.74) is 0. The van der Waals surface area contributed by atoms with Crippen molar-refractivity contribution in [3.63, 3.8) is 0 Å². The van der Waals surface area contributed by atoms with E-state index in [1.54, 1.807) is 0 Å². The molecule has 8 heteroatoms. The van der Waals surface area contributed by atoms with E-state index in [2.05, 4.69) is 26.0 Å². The summed E-state index contributed by atoms with van der Waals surface area (Å²) in [5, 5.41) is 2.76. The molecule has 0 bridgehead atoms. The SMILES string of the molecule is CCc1[o+]c(C)cc2c1sc1sc(C)cc12.[O-][Cl+3]([O-])([O-])[O-]. The Kier molecular flexibility index (Phi) is 4.84. The topological polar surface area (TPSA) is 104 Å². The summed E-state index contributed by atoms with van der Waals surface area (Å²) in [5.74, 6) is 2.13. The van der Waals surface area contributed by atoms with Gasteiger partial charge >= 0.3 is 11.5 Å². The average molecular weight is 349 g/mol. The van der Waals surface area contributed by atoms with E-state index in [0.717, 1.165) is 17.9 Å². The van der Waals surface area contributed by atoms with Gasteiger partial charge in [0, 0.05) is 21.7 Å². The first kappa shape index (κ1) is 16.6. The highest BCUT2D eigenvalue weighted by atomic mass is 35.7. The molecule has 0 amide bonds. The highest BCUT2D eigenvalue weighted by molar-refractivity contribution is 7.41. The van der Waals surface area contributed by atoms with E-state index in [9.17, 15) is 0 Å². The number of rotatable bonds is 1. The minimum absolute atomic E-state index is 0.963. The fourth-order valence-corrected chi connectivity index (χ4v) is 4.68. The molecule has 5 nitrogen and oxygen atoms in total. The second kappa shape index (κ2) is 6.13. The van der Waals surface area contributed by atoms with Crippen molar-refractivity contribution in [2.75, 3.05) is 0 Å². The molecule has 0 saturated heterocycles. The Hall–Kier alpha value is -0.800. The zero-order valence-electron chi connectivity index (χ0n) is 11.6. The van der Waals surface area contributed by atoms with Crippen molar-refractivity contribution < 1.29 is 33.3 Å². The summed E-state index contributed by atoms with van der Waals surface area (Å²) in [7, 11) is -4.94. The molecule has 0 aromatic carbocycles. The summed E-state index contributed by atoms with van der Waals surface area (Å²) in [4.78, 5) is 1.39. The Labute approximate surface area is 131 Å². The first-order valence-electron chi connectivity index (χ1n) is 6.06. The van der Waals surface area contributed by atoms with Gasteiger partial charge in [-0.1, -0.05) is 6.92 Å². The zero-order valence-corrected chi connectivity index (χ0v) is 14.0. The molecule has 3 rings (SSSR count). The number of aryl methyl sites for hydroxylation is 3. The van der Waals surface area contributed by atoms with E-state index in [1.807, 2.05) is 29.6 Å². The Balaban J connectivity index is 0.000000282. The minimum Gasteiger partial charge on any atom is -0.222 e. The molecule has 0 atom stereocenters. The van der Waals surface area contributed by atoms with Crippen molar-refractivity contribution in [2.24, 2.45) is 0 Å². The maximum Gasteiger partial charge on any atom is 0.346 e. The van der Waals surface area contributed by atoms with Gasteiger partial charge in [0.1, 0.15) is 4.70 Å². The van der Waals surface area contributed by atoms with Crippen molar-refractivity contribution in [3.05, 3.63) is 28.5 Å². The van der Waals surface area contributed by atoms with Gasteiger partial charge in [0.15, 0.2) is 0 Å². The molecule has 0 saturated carbocycles. The number of thiophene rings is 2. The van der Waals surface area contributed by atoms with Gasteiger partial charge in [0.2, 0.25) is 0 Å².